The van der Waals surface area contributed by atoms with Crippen LogP contribution in [0.5, 0.6) is 0 Å². The molecule has 0 fully saturated rings. The first-order valence-corrected chi connectivity index (χ1v) is 5.05. The maximum Gasteiger partial charge on any atom is 0.251 e. The van der Waals surface area contributed by atoms with Crippen LogP contribution in [0.3, 0.4) is 0 Å². The molecule has 3 heteroatoms. The Labute approximate surface area is 90.1 Å². The third kappa shape index (κ3) is 3.06. The van der Waals surface area contributed by atoms with Gasteiger partial charge in [-0.15, -0.1) is 0 Å². The number of hydrogen-bond acceptors (Lipinski definition) is 2. The first kappa shape index (κ1) is 11.7. The minimum Gasteiger partial charge on any atom is -0.392 e. The molecule has 0 spiro atoms. The number of rotatable bonds is 3. The third-order valence-electron chi connectivity index (χ3n) is 2.27. The Morgan fingerprint density at radius 3 is 2.40 bits per heavy atom. The van der Waals surface area contributed by atoms with Crippen LogP contribution in [-0.4, -0.2) is 23.7 Å². The highest BCUT2D eigenvalue weighted by molar-refractivity contribution is 5.97. The van der Waals surface area contributed by atoms with Crippen molar-refractivity contribution in [3.05, 3.63) is 34.9 Å². The van der Waals surface area contributed by atoms with Gasteiger partial charge in [-0.3, -0.25) is 4.79 Å². The highest BCUT2D eigenvalue weighted by Crippen LogP contribution is 2.12. The van der Waals surface area contributed by atoms with E-state index in [1.165, 1.54) is 0 Å². The van der Waals surface area contributed by atoms with Gasteiger partial charge in [0.25, 0.3) is 5.91 Å². The third-order valence-corrected chi connectivity index (χ3v) is 2.27. The molecule has 2 N–H and O–H groups in total. The van der Waals surface area contributed by atoms with Gasteiger partial charge >= 0.3 is 0 Å². The van der Waals surface area contributed by atoms with Crippen LogP contribution in [0.4, 0.5) is 0 Å². The molecule has 0 saturated carbocycles. The molecule has 1 rings (SSSR count). The molecule has 82 valence electrons. The molecule has 0 radical (unpaired) electrons. The molecule has 0 aliphatic heterocycles. The average Bonchev–Trinajstić information content (AvgIpc) is 2.14. The summed E-state index contributed by atoms with van der Waals surface area (Å²) in [4.78, 5) is 11.8. The van der Waals surface area contributed by atoms with Crippen molar-refractivity contribution in [3.8, 4) is 0 Å². The van der Waals surface area contributed by atoms with Crippen LogP contribution in [0, 0.1) is 13.8 Å². The maximum absolute atomic E-state index is 11.8. The van der Waals surface area contributed by atoms with Gasteiger partial charge < -0.3 is 10.4 Å². The number of amides is 1. The number of aliphatic hydroxyl groups excluding tert-OH is 1. The maximum atomic E-state index is 11.8. The summed E-state index contributed by atoms with van der Waals surface area (Å²) < 4.78 is 0. The molecule has 1 aromatic rings. The van der Waals surface area contributed by atoms with Crippen molar-refractivity contribution in [1.82, 2.24) is 5.32 Å². The number of aryl methyl sites for hydroxylation is 2. The predicted molar refractivity (Wildman–Crippen MR) is 59.9 cm³/mol. The van der Waals surface area contributed by atoms with Crippen molar-refractivity contribution in [3.63, 3.8) is 0 Å². The van der Waals surface area contributed by atoms with E-state index in [9.17, 15) is 4.79 Å². The first-order chi connectivity index (χ1) is 7.02. The molecule has 1 aromatic carbocycles. The lowest BCUT2D eigenvalue weighted by molar-refractivity contribution is 0.0923. The second-order valence-electron chi connectivity index (χ2n) is 3.83. The van der Waals surface area contributed by atoms with E-state index in [4.69, 9.17) is 5.11 Å². The highest BCUT2D eigenvalue weighted by Gasteiger charge is 2.11. The van der Waals surface area contributed by atoms with E-state index >= 15 is 0 Å². The lowest BCUT2D eigenvalue weighted by Crippen LogP contribution is -2.31. The van der Waals surface area contributed by atoms with Gasteiger partial charge in [-0.05, 0) is 31.9 Å². The van der Waals surface area contributed by atoms with Crippen molar-refractivity contribution >= 4 is 5.91 Å². The molecule has 0 aliphatic rings. The Balaban J connectivity index is 2.82. The zero-order valence-corrected chi connectivity index (χ0v) is 9.37. The van der Waals surface area contributed by atoms with E-state index in [1.807, 2.05) is 32.0 Å². The zero-order valence-electron chi connectivity index (χ0n) is 9.37. The number of nitrogens with one attached hydrogen (secondary N) is 1. The van der Waals surface area contributed by atoms with Crippen LogP contribution in [0.25, 0.3) is 0 Å². The Hall–Kier alpha value is -1.35. The molecule has 1 amide bonds. The molecular formula is C12H17NO2. The van der Waals surface area contributed by atoms with Gasteiger partial charge in [0.15, 0.2) is 0 Å². The summed E-state index contributed by atoms with van der Waals surface area (Å²) in [6.07, 6.45) is -0.515. The van der Waals surface area contributed by atoms with Crippen molar-refractivity contribution in [2.75, 3.05) is 6.54 Å². The van der Waals surface area contributed by atoms with Gasteiger partial charge in [-0.1, -0.05) is 18.2 Å². The molecule has 3 nitrogen and oxygen atoms in total. The fourth-order valence-electron chi connectivity index (χ4n) is 1.50. The van der Waals surface area contributed by atoms with E-state index in [-0.39, 0.29) is 12.5 Å². The number of hydrogen-bond donors (Lipinski definition) is 2. The molecular weight excluding hydrogens is 190 g/mol. The second-order valence-corrected chi connectivity index (χ2v) is 3.83. The Morgan fingerprint density at radius 2 is 1.93 bits per heavy atom. The highest BCUT2D eigenvalue weighted by atomic mass is 16.3. The summed E-state index contributed by atoms with van der Waals surface area (Å²) in [6.45, 7) is 5.74. The molecule has 0 saturated heterocycles. The monoisotopic (exact) mass is 207 g/mol. The van der Waals surface area contributed by atoms with Gasteiger partial charge in [0, 0.05) is 12.1 Å². The van der Waals surface area contributed by atoms with Crippen molar-refractivity contribution in [2.24, 2.45) is 0 Å². The lowest BCUT2D eigenvalue weighted by Gasteiger charge is -2.11. The Kier molecular flexibility index (Phi) is 3.86. The van der Waals surface area contributed by atoms with Crippen LogP contribution in [0.1, 0.15) is 28.4 Å². The van der Waals surface area contributed by atoms with Crippen LogP contribution in [0.15, 0.2) is 18.2 Å². The summed E-state index contributed by atoms with van der Waals surface area (Å²) in [7, 11) is 0. The number of carbonyl (C=O) groups is 1. The van der Waals surface area contributed by atoms with Gasteiger partial charge in [-0.25, -0.2) is 0 Å². The Bertz CT molecular complexity index is 338. The van der Waals surface area contributed by atoms with Crippen molar-refractivity contribution in [2.45, 2.75) is 26.9 Å². The minimum atomic E-state index is -0.515. The average molecular weight is 207 g/mol. The van der Waals surface area contributed by atoms with E-state index < -0.39 is 6.10 Å². The molecule has 0 bridgehead atoms. The van der Waals surface area contributed by atoms with E-state index in [2.05, 4.69) is 5.32 Å². The molecule has 0 aromatic heterocycles. The number of benzene rings is 1. The number of aliphatic hydroxyl groups is 1. The fourth-order valence-corrected chi connectivity index (χ4v) is 1.50. The van der Waals surface area contributed by atoms with E-state index in [1.54, 1.807) is 6.92 Å². The topological polar surface area (TPSA) is 49.3 Å². The summed E-state index contributed by atoms with van der Waals surface area (Å²) in [5, 5.41) is 11.8. The van der Waals surface area contributed by atoms with Crippen molar-refractivity contribution in [1.29, 1.82) is 0 Å². The summed E-state index contributed by atoms with van der Waals surface area (Å²) in [5.74, 6) is -0.119. The zero-order chi connectivity index (χ0) is 11.4. The van der Waals surface area contributed by atoms with Crippen LogP contribution >= 0.6 is 0 Å². The molecule has 0 unspecified atom stereocenters. The summed E-state index contributed by atoms with van der Waals surface area (Å²) >= 11 is 0. The van der Waals surface area contributed by atoms with E-state index in [0.29, 0.717) is 5.56 Å². The predicted octanol–water partition coefficient (Wildman–Crippen LogP) is 1.41. The van der Waals surface area contributed by atoms with Gasteiger partial charge in [0.1, 0.15) is 0 Å². The number of carbonyl (C=O) groups excluding carboxylic acids is 1. The SMILES string of the molecule is Cc1cccc(C)c1C(=O)NC[C@H](C)O. The second kappa shape index (κ2) is 4.94. The largest absolute Gasteiger partial charge is 0.392 e. The van der Waals surface area contributed by atoms with E-state index in [0.717, 1.165) is 11.1 Å². The standard InChI is InChI=1S/C12H17NO2/c1-8-5-4-6-9(2)11(8)12(15)13-7-10(3)14/h4-6,10,14H,7H2,1-3H3,(H,13,15)/t10-/m0/s1. The quantitative estimate of drug-likeness (QED) is 0.787. The normalized spacial score (nSPS) is 12.3. The fraction of sp³-hybridized carbons (Fsp3) is 0.417. The minimum absolute atomic E-state index is 0.119. The van der Waals surface area contributed by atoms with Crippen LogP contribution in [0.2, 0.25) is 0 Å². The lowest BCUT2D eigenvalue weighted by atomic mass is 10.0. The smallest absolute Gasteiger partial charge is 0.251 e. The van der Waals surface area contributed by atoms with Gasteiger partial charge in [0.05, 0.1) is 6.10 Å². The Morgan fingerprint density at radius 1 is 1.40 bits per heavy atom. The summed E-state index contributed by atoms with van der Waals surface area (Å²) in [6, 6.07) is 5.74. The van der Waals surface area contributed by atoms with Crippen molar-refractivity contribution < 1.29 is 9.90 Å². The van der Waals surface area contributed by atoms with Gasteiger partial charge in [-0.2, -0.15) is 0 Å². The molecule has 0 aliphatic carbocycles. The molecule has 0 heterocycles. The van der Waals surface area contributed by atoms with Crippen LogP contribution < -0.4 is 5.32 Å². The summed E-state index contributed by atoms with van der Waals surface area (Å²) in [5.41, 5.74) is 2.62. The molecule has 15 heavy (non-hydrogen) atoms. The van der Waals surface area contributed by atoms with Crippen LogP contribution in [-0.2, 0) is 0 Å². The van der Waals surface area contributed by atoms with Gasteiger partial charge in [0.2, 0.25) is 0 Å². The first-order valence-electron chi connectivity index (χ1n) is 5.05. The molecule has 1 atom stereocenters.